The maximum atomic E-state index is 9.34. The molecule has 0 unspecified atom stereocenters. The van der Waals surface area contributed by atoms with E-state index in [9.17, 15) is 5.21 Å². The van der Waals surface area contributed by atoms with E-state index in [1.807, 2.05) is 0 Å². The third kappa shape index (κ3) is 3.16. The predicted molar refractivity (Wildman–Crippen MR) is 61.0 cm³/mol. The van der Waals surface area contributed by atoms with Crippen molar-refractivity contribution in [2.24, 2.45) is 5.41 Å². The van der Waals surface area contributed by atoms with Crippen LogP contribution in [0.15, 0.2) is 0 Å². The average Bonchev–Trinajstić information content (AvgIpc) is 2.73. The van der Waals surface area contributed by atoms with Gasteiger partial charge in [0.2, 0.25) is 0 Å². The number of hydrogen-bond acceptors (Lipinski definition) is 3. The van der Waals surface area contributed by atoms with Gasteiger partial charge in [-0.05, 0) is 57.2 Å². The number of nitrogens with zero attached hydrogens (tertiary/aromatic N) is 2. The van der Waals surface area contributed by atoms with Crippen molar-refractivity contribution in [3.63, 3.8) is 0 Å². The lowest BCUT2D eigenvalue weighted by Crippen LogP contribution is -2.38. The first-order chi connectivity index (χ1) is 7.18. The zero-order valence-electron chi connectivity index (χ0n) is 9.91. The summed E-state index contributed by atoms with van der Waals surface area (Å²) in [5.74, 6) is 0. The molecule has 2 heterocycles. The van der Waals surface area contributed by atoms with Gasteiger partial charge in [-0.2, -0.15) is 5.06 Å². The van der Waals surface area contributed by atoms with Crippen LogP contribution in [0.25, 0.3) is 0 Å². The first-order valence-corrected chi connectivity index (χ1v) is 6.34. The molecule has 2 aliphatic rings. The molecule has 0 saturated carbocycles. The van der Waals surface area contributed by atoms with Crippen LogP contribution in [0.4, 0.5) is 0 Å². The van der Waals surface area contributed by atoms with Crippen LogP contribution in [-0.2, 0) is 0 Å². The van der Waals surface area contributed by atoms with Gasteiger partial charge in [0, 0.05) is 13.1 Å². The Bertz CT molecular complexity index is 194. The number of hydrogen-bond donors (Lipinski definition) is 1. The van der Waals surface area contributed by atoms with Crippen molar-refractivity contribution < 1.29 is 5.21 Å². The molecule has 1 N–H and O–H groups in total. The molecule has 88 valence electrons. The predicted octanol–water partition coefficient (Wildman–Crippen LogP) is 1.96. The highest BCUT2D eigenvalue weighted by Gasteiger charge is 2.30. The standard InChI is InChI=1S/C12H24N2O/c1-12(5-10-14(15)11-6-12)4-9-13-7-2-3-8-13/h15H,2-11H2,1H3. The Hall–Kier alpha value is -0.120. The van der Waals surface area contributed by atoms with Crippen molar-refractivity contribution in [1.29, 1.82) is 0 Å². The van der Waals surface area contributed by atoms with E-state index in [-0.39, 0.29) is 0 Å². The van der Waals surface area contributed by atoms with Gasteiger partial charge in [0.15, 0.2) is 0 Å². The summed E-state index contributed by atoms with van der Waals surface area (Å²) in [4.78, 5) is 2.59. The molecule has 2 rings (SSSR count). The number of rotatable bonds is 3. The van der Waals surface area contributed by atoms with Crippen LogP contribution in [0.2, 0.25) is 0 Å². The highest BCUT2D eigenvalue weighted by Crippen LogP contribution is 2.34. The molecular weight excluding hydrogens is 188 g/mol. The van der Waals surface area contributed by atoms with Crippen LogP contribution in [0.5, 0.6) is 0 Å². The first-order valence-electron chi connectivity index (χ1n) is 6.34. The van der Waals surface area contributed by atoms with Crippen molar-refractivity contribution in [1.82, 2.24) is 9.96 Å². The van der Waals surface area contributed by atoms with E-state index >= 15 is 0 Å². The number of likely N-dealkylation sites (tertiary alicyclic amines) is 1. The van der Waals surface area contributed by atoms with E-state index in [2.05, 4.69) is 11.8 Å². The third-order valence-corrected chi connectivity index (χ3v) is 4.18. The lowest BCUT2D eigenvalue weighted by Gasteiger charge is -2.37. The van der Waals surface area contributed by atoms with Gasteiger partial charge in [-0.3, -0.25) is 0 Å². The van der Waals surface area contributed by atoms with Crippen LogP contribution >= 0.6 is 0 Å². The second-order valence-electron chi connectivity index (χ2n) is 5.56. The Morgan fingerprint density at radius 2 is 1.67 bits per heavy atom. The Kier molecular flexibility index (Phi) is 3.65. The summed E-state index contributed by atoms with van der Waals surface area (Å²) >= 11 is 0. The largest absolute Gasteiger partial charge is 0.314 e. The fourth-order valence-corrected chi connectivity index (χ4v) is 2.72. The van der Waals surface area contributed by atoms with Crippen molar-refractivity contribution in [2.75, 3.05) is 32.7 Å². The van der Waals surface area contributed by atoms with Crippen LogP contribution < -0.4 is 0 Å². The lowest BCUT2D eigenvalue weighted by molar-refractivity contribution is -0.125. The number of hydroxylamine groups is 2. The molecule has 0 amide bonds. The molecule has 0 radical (unpaired) electrons. The second-order valence-corrected chi connectivity index (χ2v) is 5.56. The first kappa shape index (κ1) is 11.4. The molecular formula is C12H24N2O. The molecule has 2 aliphatic heterocycles. The maximum absolute atomic E-state index is 9.34. The summed E-state index contributed by atoms with van der Waals surface area (Å²) in [6.07, 6.45) is 6.39. The highest BCUT2D eigenvalue weighted by molar-refractivity contribution is 4.81. The molecule has 0 spiro atoms. The highest BCUT2D eigenvalue weighted by atomic mass is 16.5. The SMILES string of the molecule is CC1(CCN2CCCC2)CCN(O)CC1. The summed E-state index contributed by atoms with van der Waals surface area (Å²) in [5.41, 5.74) is 0.474. The zero-order chi connectivity index (χ0) is 10.7. The van der Waals surface area contributed by atoms with E-state index < -0.39 is 0 Å². The third-order valence-electron chi connectivity index (χ3n) is 4.18. The van der Waals surface area contributed by atoms with E-state index in [0.717, 1.165) is 25.9 Å². The van der Waals surface area contributed by atoms with Crippen molar-refractivity contribution in [3.8, 4) is 0 Å². The molecule has 3 nitrogen and oxygen atoms in total. The summed E-state index contributed by atoms with van der Waals surface area (Å²) in [7, 11) is 0. The molecule has 2 fully saturated rings. The van der Waals surface area contributed by atoms with E-state index in [0.29, 0.717) is 5.41 Å². The van der Waals surface area contributed by atoms with Crippen LogP contribution in [0, 0.1) is 5.41 Å². The van der Waals surface area contributed by atoms with Crippen molar-refractivity contribution in [3.05, 3.63) is 0 Å². The fourth-order valence-electron chi connectivity index (χ4n) is 2.72. The zero-order valence-corrected chi connectivity index (χ0v) is 9.91. The quantitative estimate of drug-likeness (QED) is 0.774. The van der Waals surface area contributed by atoms with Gasteiger partial charge in [0.25, 0.3) is 0 Å². The number of piperidine rings is 1. The lowest BCUT2D eigenvalue weighted by atomic mass is 9.78. The monoisotopic (exact) mass is 212 g/mol. The molecule has 0 bridgehead atoms. The van der Waals surface area contributed by atoms with Crippen LogP contribution in [-0.4, -0.2) is 47.9 Å². The minimum atomic E-state index is 0.474. The molecule has 15 heavy (non-hydrogen) atoms. The topological polar surface area (TPSA) is 26.7 Å². The van der Waals surface area contributed by atoms with Crippen LogP contribution in [0.1, 0.15) is 39.0 Å². The van der Waals surface area contributed by atoms with Crippen LogP contribution in [0.3, 0.4) is 0 Å². The Labute approximate surface area is 93.0 Å². The normalized spacial score (nSPS) is 28.4. The summed E-state index contributed by atoms with van der Waals surface area (Å²) in [6.45, 7) is 7.98. The molecule has 0 atom stereocenters. The Balaban J connectivity index is 1.72. The van der Waals surface area contributed by atoms with Gasteiger partial charge >= 0.3 is 0 Å². The van der Waals surface area contributed by atoms with Gasteiger partial charge in [0.1, 0.15) is 0 Å². The van der Waals surface area contributed by atoms with Gasteiger partial charge in [-0.15, -0.1) is 0 Å². The maximum Gasteiger partial charge on any atom is 0.0243 e. The summed E-state index contributed by atoms with van der Waals surface area (Å²) < 4.78 is 0. The fraction of sp³-hybridized carbons (Fsp3) is 1.00. The molecule has 0 aromatic carbocycles. The average molecular weight is 212 g/mol. The molecule has 0 aromatic heterocycles. The van der Waals surface area contributed by atoms with Gasteiger partial charge < -0.3 is 10.1 Å². The van der Waals surface area contributed by atoms with Gasteiger partial charge in [-0.25, -0.2) is 0 Å². The minimum Gasteiger partial charge on any atom is -0.314 e. The Morgan fingerprint density at radius 3 is 2.27 bits per heavy atom. The van der Waals surface area contributed by atoms with Gasteiger partial charge in [-0.1, -0.05) is 6.92 Å². The smallest absolute Gasteiger partial charge is 0.0243 e. The summed E-state index contributed by atoms with van der Waals surface area (Å²) in [6, 6.07) is 0. The van der Waals surface area contributed by atoms with E-state index in [4.69, 9.17) is 0 Å². The van der Waals surface area contributed by atoms with E-state index in [1.165, 1.54) is 44.0 Å². The molecule has 2 saturated heterocycles. The van der Waals surface area contributed by atoms with Crippen molar-refractivity contribution >= 4 is 0 Å². The Morgan fingerprint density at radius 1 is 1.07 bits per heavy atom. The molecule has 3 heteroatoms. The summed E-state index contributed by atoms with van der Waals surface area (Å²) in [5, 5.41) is 10.8. The second kappa shape index (κ2) is 4.81. The minimum absolute atomic E-state index is 0.474. The molecule has 0 aliphatic carbocycles. The van der Waals surface area contributed by atoms with Gasteiger partial charge in [0.05, 0.1) is 0 Å². The van der Waals surface area contributed by atoms with Crippen molar-refractivity contribution in [2.45, 2.75) is 39.0 Å². The molecule has 0 aromatic rings. The van der Waals surface area contributed by atoms with E-state index in [1.54, 1.807) is 0 Å².